The van der Waals surface area contributed by atoms with Crippen molar-refractivity contribution < 1.29 is 59.1 Å². The highest BCUT2D eigenvalue weighted by Gasteiger charge is 2.46. The summed E-state index contributed by atoms with van der Waals surface area (Å²) in [7, 11) is -4.92. The Morgan fingerprint density at radius 1 is 0.910 bits per heavy atom. The van der Waals surface area contributed by atoms with E-state index in [2.05, 4.69) is 30.9 Å². The van der Waals surface area contributed by atoms with E-state index in [4.69, 9.17) is 9.47 Å². The van der Waals surface area contributed by atoms with Crippen molar-refractivity contribution >= 4 is 93.0 Å². The molecule has 0 aliphatic carbocycles. The van der Waals surface area contributed by atoms with Crippen molar-refractivity contribution in [2.75, 3.05) is 30.5 Å². The van der Waals surface area contributed by atoms with E-state index in [9.17, 15) is 50.0 Å². The van der Waals surface area contributed by atoms with Gasteiger partial charge in [-0.3, -0.25) is 24.0 Å². The van der Waals surface area contributed by atoms with E-state index < -0.39 is 94.9 Å². The zero-order valence-electron chi connectivity index (χ0n) is 51.4. The number of aromatic nitrogens is 4. The lowest BCUT2D eigenvalue weighted by molar-refractivity contribution is -0.144. The number of carbonyl (C=O) groups is 5. The largest absolute Gasteiger partial charge is 0.508 e. The lowest BCUT2D eigenvalue weighted by atomic mass is 9.85. The number of nitrogens with zero attached hydrogens (tertiary/aromatic N) is 5. The summed E-state index contributed by atoms with van der Waals surface area (Å²) in [4.78, 5) is 97.9. The number of fused-ring (bicyclic) bond motifs is 2. The molecule has 1 saturated heterocycles. The monoisotopic (exact) mass is 1310 g/mol. The molecule has 6 heterocycles. The minimum Gasteiger partial charge on any atom is -0.430 e. The molecule has 2 aliphatic rings. The molecule has 6 aromatic rings. The Labute approximate surface area is 524 Å². The van der Waals surface area contributed by atoms with E-state index in [1.54, 1.807) is 37.9 Å². The molecule has 27 heteroatoms. The van der Waals surface area contributed by atoms with Crippen LogP contribution in [0.1, 0.15) is 132 Å². The maximum Gasteiger partial charge on any atom is 0.508 e. The number of H-pyrrole nitrogens is 1. The van der Waals surface area contributed by atoms with Crippen LogP contribution in [-0.2, 0) is 68.5 Å². The third kappa shape index (κ3) is 17.4. The molecule has 2 aliphatic heterocycles. The first-order chi connectivity index (χ1) is 42.0. The van der Waals surface area contributed by atoms with Crippen molar-refractivity contribution in [2.45, 2.75) is 154 Å². The number of thiazole rings is 1. The molecule has 2 aromatic carbocycles. The Morgan fingerprint density at radius 3 is 2.24 bits per heavy atom. The SMILES string of the molecule is Cc1ncsc1-c1ccc(CNC(=O)[C@@H]2C[C@@H](OC(=O)OC(C)C(C)SS(C)(=O)=O)CN2C(=O)[C@@H](NC(=O)CCCCCCCCCCNC(=O)c2cc3c(cc2CS(C)(=O)=O)-c2cn(C)c(=O)c4[nH]cc(c24)CN3c2ncc(F)cc2F)C(C)(C)C)cc1. The highest BCUT2D eigenvalue weighted by molar-refractivity contribution is 8.72. The summed E-state index contributed by atoms with van der Waals surface area (Å²) >= 11 is 1.53. The molecule has 5 atom stereocenters. The molecule has 0 saturated carbocycles. The fourth-order valence-electron chi connectivity index (χ4n) is 11.1. The average molecular weight is 1310 g/mol. The van der Waals surface area contributed by atoms with Gasteiger partial charge >= 0.3 is 6.16 Å². The molecule has 0 bridgehead atoms. The quantitative estimate of drug-likeness (QED) is 0.0223. The van der Waals surface area contributed by atoms with Crippen LogP contribution < -0.4 is 26.4 Å². The van der Waals surface area contributed by atoms with Crippen LogP contribution in [0.2, 0.25) is 0 Å². The van der Waals surface area contributed by atoms with Crippen LogP contribution in [-0.4, -0.2) is 126 Å². The van der Waals surface area contributed by atoms with E-state index in [-0.39, 0.29) is 72.9 Å². The number of ether oxygens (including phenoxy) is 2. The number of nitrogens with one attached hydrogen (secondary N) is 4. The number of unbranched alkanes of at least 4 members (excludes halogenated alkanes) is 7. The Hall–Kier alpha value is -7.23. The second-order valence-corrected chi connectivity index (χ2v) is 31.8. The van der Waals surface area contributed by atoms with Gasteiger partial charge in [-0.05, 0) is 84.2 Å². The Balaban J connectivity index is 0.826. The van der Waals surface area contributed by atoms with Gasteiger partial charge in [0.2, 0.25) is 17.7 Å². The van der Waals surface area contributed by atoms with Gasteiger partial charge in [-0.15, -0.1) is 11.3 Å². The van der Waals surface area contributed by atoms with Gasteiger partial charge in [-0.25, -0.2) is 40.4 Å². The first-order valence-corrected chi connectivity index (χ1v) is 35.7. The first kappa shape index (κ1) is 67.7. The number of carbonyl (C=O) groups excluding carboxylic acids is 5. The number of anilines is 2. The molecular formula is C62H77F2N9O12S4. The van der Waals surface area contributed by atoms with Crippen molar-refractivity contribution in [1.82, 2.24) is 40.4 Å². The molecule has 0 radical (unpaired) electrons. The normalized spacial score (nSPS) is 16.1. The number of likely N-dealkylation sites (tertiary alicyclic amines) is 1. The van der Waals surface area contributed by atoms with E-state index >= 15 is 4.39 Å². The van der Waals surface area contributed by atoms with Crippen molar-refractivity contribution in [3.8, 4) is 21.6 Å². The molecule has 4 N–H and O–H groups in total. The van der Waals surface area contributed by atoms with Crippen LogP contribution in [0.15, 0.2) is 71.4 Å². The van der Waals surface area contributed by atoms with Crippen LogP contribution in [0, 0.1) is 24.0 Å². The van der Waals surface area contributed by atoms with Gasteiger partial charge in [-0.2, -0.15) is 0 Å². The van der Waals surface area contributed by atoms with E-state index in [0.717, 1.165) is 78.9 Å². The molecule has 1 fully saturated rings. The number of hydrogen-bond acceptors (Lipinski definition) is 17. The van der Waals surface area contributed by atoms with Gasteiger partial charge < -0.3 is 44.8 Å². The third-order valence-corrected chi connectivity index (χ3v) is 20.6. The molecule has 4 amide bonds. The smallest absolute Gasteiger partial charge is 0.430 e. The molecule has 2 unspecified atom stereocenters. The molecule has 480 valence electrons. The zero-order chi connectivity index (χ0) is 64.7. The van der Waals surface area contributed by atoms with Crippen molar-refractivity contribution in [3.63, 3.8) is 0 Å². The predicted molar refractivity (Wildman–Crippen MR) is 340 cm³/mol. The van der Waals surface area contributed by atoms with Gasteiger partial charge in [0.1, 0.15) is 35.6 Å². The highest BCUT2D eigenvalue weighted by atomic mass is 33.1. The minimum absolute atomic E-state index is 0.0240. The summed E-state index contributed by atoms with van der Waals surface area (Å²) in [5.41, 5.74) is 5.75. The van der Waals surface area contributed by atoms with Gasteiger partial charge in [0.25, 0.3) is 11.5 Å². The van der Waals surface area contributed by atoms with E-state index in [1.165, 1.54) is 38.7 Å². The number of aromatic amines is 1. The van der Waals surface area contributed by atoms with Gasteiger partial charge in [0.05, 0.1) is 52.1 Å². The highest BCUT2D eigenvalue weighted by Crippen LogP contribution is 2.45. The number of hydrogen-bond donors (Lipinski definition) is 4. The molecule has 89 heavy (non-hydrogen) atoms. The molecule has 21 nitrogen and oxygen atoms in total. The summed E-state index contributed by atoms with van der Waals surface area (Å²) in [5.74, 6) is -4.47. The Kier molecular flexibility index (Phi) is 21.8. The lowest BCUT2D eigenvalue weighted by Gasteiger charge is -2.35. The number of pyridine rings is 2. The van der Waals surface area contributed by atoms with Gasteiger partial charge in [0.15, 0.2) is 30.3 Å². The topological polar surface area (TPSA) is 278 Å². The Bertz CT molecular complexity index is 3910. The standard InChI is InChI=1S/C62H77F2N9O12S4/c1-36-54(86-35-69-36)40-21-19-39(20-22-40)28-68-58(76)50-26-44(85-61(79)84-37(2)38(3)87-89(9,82)83)32-73(50)60(78)55(62(4,5)6)70-51(74)18-16-14-12-10-11-13-15-17-23-65-57(75)45-27-49-46(24-41(45)34-88(8,80)81)47-33-71(7)59(77)53-52(47)42(29-66-53)31-72(49)56-48(64)25-43(63)30-67-56/h19-22,24-25,27,29-30,33,35,37-38,44,50,55,66H,10-18,23,26,28,31-32,34H2,1-9H3,(H,65,75)(H,68,76)(H,70,74)/t37?,38?,44-,50+,55-/m1/s1. The van der Waals surface area contributed by atoms with Crippen LogP contribution in [0.25, 0.3) is 32.5 Å². The van der Waals surface area contributed by atoms with Gasteiger partial charge in [-0.1, -0.05) is 83.6 Å². The van der Waals surface area contributed by atoms with Crippen LogP contribution >= 0.6 is 22.1 Å². The number of aryl methyl sites for hydroxylation is 2. The number of sulfone groups is 1. The third-order valence-electron chi connectivity index (χ3n) is 15.8. The average Bonchev–Trinajstić information content (AvgIpc) is 1.71. The summed E-state index contributed by atoms with van der Waals surface area (Å²) in [6.45, 7) is 10.7. The number of rotatable bonds is 26. The zero-order valence-corrected chi connectivity index (χ0v) is 54.6. The summed E-state index contributed by atoms with van der Waals surface area (Å²) in [6, 6.07) is 9.33. The lowest BCUT2D eigenvalue weighted by Crippen LogP contribution is -2.57. The molecule has 0 spiro atoms. The number of halogens is 2. The summed E-state index contributed by atoms with van der Waals surface area (Å²) in [6.07, 6.45) is 9.60. The van der Waals surface area contributed by atoms with Crippen molar-refractivity contribution in [3.05, 3.63) is 117 Å². The maximum absolute atomic E-state index is 15.6. The molecule has 8 rings (SSSR count). The molecule has 4 aromatic heterocycles. The van der Waals surface area contributed by atoms with Crippen molar-refractivity contribution in [2.24, 2.45) is 12.5 Å². The first-order valence-electron chi connectivity index (χ1n) is 29.5. The maximum atomic E-state index is 15.6. The molecular weight excluding hydrogens is 1230 g/mol. The number of amides is 4. The fraction of sp³-hybridized carbons (Fsp3) is 0.484. The van der Waals surface area contributed by atoms with Crippen LogP contribution in [0.4, 0.5) is 25.1 Å². The fourth-order valence-corrected chi connectivity index (χ4v) is 15.6. The predicted octanol–water partition coefficient (Wildman–Crippen LogP) is 9.52. The summed E-state index contributed by atoms with van der Waals surface area (Å²) < 4.78 is 91.7. The van der Waals surface area contributed by atoms with Gasteiger partial charge in [0, 0.05) is 86.0 Å². The van der Waals surface area contributed by atoms with E-state index in [1.807, 2.05) is 52.0 Å². The van der Waals surface area contributed by atoms with Crippen LogP contribution in [0.3, 0.4) is 0 Å². The van der Waals surface area contributed by atoms with Crippen molar-refractivity contribution in [1.29, 1.82) is 0 Å². The minimum atomic E-state index is -3.70. The van der Waals surface area contributed by atoms with Crippen LogP contribution in [0.5, 0.6) is 0 Å². The Morgan fingerprint density at radius 2 is 1.60 bits per heavy atom. The second-order valence-electron chi connectivity index (χ2n) is 24.1. The number of benzene rings is 2. The summed E-state index contributed by atoms with van der Waals surface area (Å²) in [5, 5.41) is 8.73. The van der Waals surface area contributed by atoms with E-state index in [0.29, 0.717) is 57.5 Å². The second kappa shape index (κ2) is 28.7.